The van der Waals surface area contributed by atoms with Gasteiger partial charge in [-0.2, -0.15) is 0 Å². The van der Waals surface area contributed by atoms with E-state index in [1.54, 1.807) is 24.3 Å². The van der Waals surface area contributed by atoms with Gasteiger partial charge >= 0.3 is 6.03 Å². The number of carbonyl (C=O) groups is 2. The van der Waals surface area contributed by atoms with Crippen LogP contribution in [-0.2, 0) is 0 Å². The van der Waals surface area contributed by atoms with Crippen molar-refractivity contribution in [2.45, 2.75) is 19.8 Å². The number of hydrogen-bond donors (Lipinski definition) is 3. The molecule has 1 aliphatic heterocycles. The van der Waals surface area contributed by atoms with Gasteiger partial charge in [-0.05, 0) is 60.5 Å². The van der Waals surface area contributed by atoms with Crippen LogP contribution in [0.5, 0.6) is 0 Å². The molecule has 0 radical (unpaired) electrons. The predicted molar refractivity (Wildman–Crippen MR) is 128 cm³/mol. The minimum Gasteiger partial charge on any atom is -0.355 e. The van der Waals surface area contributed by atoms with Crippen LogP contribution < -0.4 is 10.6 Å². The molecule has 0 saturated carbocycles. The zero-order valence-corrected chi connectivity index (χ0v) is 19.0. The molecule has 4 rings (SSSR count). The van der Waals surface area contributed by atoms with Gasteiger partial charge in [0.1, 0.15) is 0 Å². The lowest BCUT2D eigenvalue weighted by Gasteiger charge is -2.27. The Balaban J connectivity index is 1.45. The molecule has 166 valence electrons. The molecule has 0 spiro atoms. The van der Waals surface area contributed by atoms with Crippen molar-refractivity contribution in [1.82, 2.24) is 15.2 Å². The highest BCUT2D eigenvalue weighted by atomic mass is 35.5. The summed E-state index contributed by atoms with van der Waals surface area (Å²) in [6.45, 7) is 7.10. The van der Waals surface area contributed by atoms with Crippen molar-refractivity contribution in [2.24, 2.45) is 0 Å². The molecule has 6 nitrogen and oxygen atoms in total. The predicted octanol–water partition coefficient (Wildman–Crippen LogP) is 4.80. The van der Waals surface area contributed by atoms with Gasteiger partial charge in [-0.15, -0.1) is 0 Å². The zero-order chi connectivity index (χ0) is 22.7. The first-order chi connectivity index (χ1) is 15.4. The quantitative estimate of drug-likeness (QED) is 0.489. The first-order valence-electron chi connectivity index (χ1n) is 10.8. The van der Waals surface area contributed by atoms with E-state index in [4.69, 9.17) is 11.6 Å². The molecule has 1 aliphatic rings. The lowest BCUT2D eigenvalue weighted by Crippen LogP contribution is -2.48. The molecular formula is C25H27ClN4O2. The summed E-state index contributed by atoms with van der Waals surface area (Å²) in [4.78, 5) is 30.4. The summed E-state index contributed by atoms with van der Waals surface area (Å²) < 4.78 is 0. The van der Waals surface area contributed by atoms with Crippen molar-refractivity contribution in [2.75, 3.05) is 31.5 Å². The largest absolute Gasteiger partial charge is 0.355 e. The first-order valence-corrected chi connectivity index (χ1v) is 11.2. The maximum atomic E-state index is 12.9. The van der Waals surface area contributed by atoms with E-state index in [2.05, 4.69) is 22.5 Å². The number of piperazine rings is 1. The number of nitrogens with zero attached hydrogens (tertiary/aromatic N) is 1. The first kappa shape index (κ1) is 22.1. The van der Waals surface area contributed by atoms with E-state index in [-0.39, 0.29) is 17.7 Å². The summed E-state index contributed by atoms with van der Waals surface area (Å²) in [7, 11) is 0. The number of nitrogens with one attached hydrogen (secondary N) is 3. The van der Waals surface area contributed by atoms with E-state index in [1.807, 2.05) is 42.2 Å². The Morgan fingerprint density at radius 1 is 1.03 bits per heavy atom. The number of aryl methyl sites for hydroxylation is 1. The monoisotopic (exact) mass is 450 g/mol. The highest BCUT2D eigenvalue weighted by Crippen LogP contribution is 2.27. The average Bonchev–Trinajstić information content (AvgIpc) is 3.21. The standard InChI is InChI=1S/C25H27ClN4O2/c1-16-15-22(29-23(16)24(31)19-3-7-20(26)8-4-19)17(2)18-5-9-21(10-6-18)28-25(32)30-13-11-27-12-14-30/h3-10,15,17,27,29H,11-14H2,1-2H3,(H,28,32). The normalized spacial score (nSPS) is 14.8. The molecule has 1 aromatic heterocycles. The van der Waals surface area contributed by atoms with Gasteiger partial charge in [-0.1, -0.05) is 30.7 Å². The second kappa shape index (κ2) is 9.59. The number of aromatic amines is 1. The van der Waals surface area contributed by atoms with E-state index in [0.717, 1.165) is 35.6 Å². The molecule has 2 amide bonds. The second-order valence-electron chi connectivity index (χ2n) is 8.13. The highest BCUT2D eigenvalue weighted by molar-refractivity contribution is 6.30. The number of rotatable bonds is 5. The number of H-pyrrole nitrogens is 1. The fourth-order valence-corrected chi connectivity index (χ4v) is 4.03. The Kier molecular flexibility index (Phi) is 6.63. The molecule has 1 fully saturated rings. The minimum absolute atomic E-state index is 0.0522. The average molecular weight is 451 g/mol. The summed E-state index contributed by atoms with van der Waals surface area (Å²) >= 11 is 5.94. The van der Waals surface area contributed by atoms with Gasteiger partial charge in [0, 0.05) is 54.1 Å². The molecule has 2 heterocycles. The molecule has 1 saturated heterocycles. The molecule has 3 aromatic rings. The van der Waals surface area contributed by atoms with E-state index in [9.17, 15) is 9.59 Å². The van der Waals surface area contributed by atoms with Crippen molar-refractivity contribution < 1.29 is 9.59 Å². The zero-order valence-electron chi connectivity index (χ0n) is 18.2. The maximum absolute atomic E-state index is 12.9. The van der Waals surface area contributed by atoms with E-state index >= 15 is 0 Å². The molecule has 7 heteroatoms. The van der Waals surface area contributed by atoms with Crippen molar-refractivity contribution in [3.63, 3.8) is 0 Å². The van der Waals surface area contributed by atoms with Gasteiger partial charge in [0.25, 0.3) is 0 Å². The van der Waals surface area contributed by atoms with Gasteiger partial charge in [0.2, 0.25) is 5.78 Å². The number of halogens is 1. The van der Waals surface area contributed by atoms with Crippen molar-refractivity contribution in [3.05, 3.63) is 87.7 Å². The van der Waals surface area contributed by atoms with Crippen LogP contribution in [-0.4, -0.2) is 47.9 Å². The molecular weight excluding hydrogens is 424 g/mol. The van der Waals surface area contributed by atoms with Crippen LogP contribution in [0, 0.1) is 6.92 Å². The third-order valence-electron chi connectivity index (χ3n) is 5.90. The van der Waals surface area contributed by atoms with E-state index in [0.29, 0.717) is 29.4 Å². The topological polar surface area (TPSA) is 77.2 Å². The summed E-state index contributed by atoms with van der Waals surface area (Å²) in [5, 5.41) is 6.81. The molecule has 2 aromatic carbocycles. The Morgan fingerprint density at radius 2 is 1.69 bits per heavy atom. The number of aromatic nitrogens is 1. The van der Waals surface area contributed by atoms with Crippen molar-refractivity contribution in [3.8, 4) is 0 Å². The van der Waals surface area contributed by atoms with Gasteiger partial charge in [0.15, 0.2) is 0 Å². The highest BCUT2D eigenvalue weighted by Gasteiger charge is 2.19. The van der Waals surface area contributed by atoms with Crippen LogP contribution in [0.15, 0.2) is 54.6 Å². The number of carbonyl (C=O) groups excluding carboxylic acids is 2. The lowest BCUT2D eigenvalue weighted by atomic mass is 9.97. The fourth-order valence-electron chi connectivity index (χ4n) is 3.90. The van der Waals surface area contributed by atoms with Gasteiger partial charge < -0.3 is 20.5 Å². The SMILES string of the molecule is Cc1cc(C(C)c2ccc(NC(=O)N3CCNCC3)cc2)[nH]c1C(=O)c1ccc(Cl)cc1. The maximum Gasteiger partial charge on any atom is 0.321 e. The Morgan fingerprint density at radius 3 is 2.34 bits per heavy atom. The van der Waals surface area contributed by atoms with Crippen molar-refractivity contribution >= 4 is 29.1 Å². The smallest absolute Gasteiger partial charge is 0.321 e. The summed E-state index contributed by atoms with van der Waals surface area (Å²) in [5.74, 6) is 0.0157. The summed E-state index contributed by atoms with van der Waals surface area (Å²) in [5.41, 5.74) is 4.93. The molecule has 0 aliphatic carbocycles. The number of hydrogen-bond acceptors (Lipinski definition) is 3. The van der Waals surface area contributed by atoms with Crippen LogP contribution in [0.2, 0.25) is 5.02 Å². The molecule has 32 heavy (non-hydrogen) atoms. The number of urea groups is 1. The number of benzene rings is 2. The lowest BCUT2D eigenvalue weighted by molar-refractivity contribution is 0.103. The van der Waals surface area contributed by atoms with E-state index in [1.165, 1.54) is 0 Å². The number of anilines is 1. The van der Waals surface area contributed by atoms with Crippen LogP contribution >= 0.6 is 11.6 Å². The molecule has 1 atom stereocenters. The van der Waals surface area contributed by atoms with Crippen molar-refractivity contribution in [1.29, 1.82) is 0 Å². The van der Waals surface area contributed by atoms with Gasteiger partial charge in [0.05, 0.1) is 5.69 Å². The molecule has 0 bridgehead atoms. The third-order valence-corrected chi connectivity index (χ3v) is 6.15. The van der Waals surface area contributed by atoms with Crippen LogP contribution in [0.3, 0.4) is 0 Å². The van der Waals surface area contributed by atoms with Crippen LogP contribution in [0.4, 0.5) is 10.5 Å². The Labute approximate surface area is 193 Å². The van der Waals surface area contributed by atoms with E-state index < -0.39 is 0 Å². The van der Waals surface area contributed by atoms with Gasteiger partial charge in [-0.3, -0.25) is 4.79 Å². The van der Waals surface area contributed by atoms with Crippen LogP contribution in [0.1, 0.15) is 45.7 Å². The van der Waals surface area contributed by atoms with Crippen LogP contribution in [0.25, 0.3) is 0 Å². The molecule has 3 N–H and O–H groups in total. The Hall–Kier alpha value is -3.09. The summed E-state index contributed by atoms with van der Waals surface area (Å²) in [6.07, 6.45) is 0. The summed E-state index contributed by atoms with van der Waals surface area (Å²) in [6, 6.07) is 16.7. The second-order valence-corrected chi connectivity index (χ2v) is 8.57. The fraction of sp³-hybridized carbons (Fsp3) is 0.280. The number of ketones is 1. The van der Waals surface area contributed by atoms with Gasteiger partial charge in [-0.25, -0.2) is 4.79 Å². The number of amides is 2. The third kappa shape index (κ3) is 4.87. The Bertz CT molecular complexity index is 1100. The minimum atomic E-state index is -0.0716. The molecule has 1 unspecified atom stereocenters.